The van der Waals surface area contributed by atoms with Crippen LogP contribution in [-0.4, -0.2) is 22.9 Å². The Morgan fingerprint density at radius 3 is 2.90 bits per heavy atom. The van der Waals surface area contributed by atoms with Crippen LogP contribution in [0.2, 0.25) is 0 Å². The number of rotatable bonds is 6. The van der Waals surface area contributed by atoms with E-state index in [-0.39, 0.29) is 12.2 Å². The van der Waals surface area contributed by atoms with Gasteiger partial charge < -0.3 is 4.90 Å². The summed E-state index contributed by atoms with van der Waals surface area (Å²) in [5, 5.41) is 7.85. The van der Waals surface area contributed by atoms with Crippen LogP contribution in [0.3, 0.4) is 0 Å². The molecule has 3 rings (SSSR count). The standard InChI is InChI=1S/C16H24N2OS/c1-3-5-6-13-16(19)18(14-9-11(14)4-2)15(17-13)12-7-8-20-10-12/h7-8,10-11,13-15,17H,3-6,9H2,1-2H3. The molecule has 1 aliphatic carbocycles. The number of nitrogens with zero attached hydrogens (tertiary/aromatic N) is 1. The molecule has 1 N–H and O–H groups in total. The minimum absolute atomic E-state index is 0.0259. The Kier molecular flexibility index (Phi) is 4.13. The van der Waals surface area contributed by atoms with Crippen LogP contribution in [0.25, 0.3) is 0 Å². The maximum Gasteiger partial charge on any atom is 0.241 e. The zero-order chi connectivity index (χ0) is 14.1. The average Bonchev–Trinajstić information content (AvgIpc) is 2.88. The number of thiophene rings is 1. The third-order valence-corrected chi connectivity index (χ3v) is 5.36. The Bertz CT molecular complexity index is 459. The van der Waals surface area contributed by atoms with Crippen molar-refractivity contribution in [2.24, 2.45) is 5.92 Å². The van der Waals surface area contributed by atoms with Gasteiger partial charge in [-0.1, -0.05) is 33.1 Å². The molecule has 2 aliphatic rings. The number of carbonyl (C=O) groups excluding carboxylic acids is 1. The largest absolute Gasteiger partial charge is 0.318 e. The quantitative estimate of drug-likeness (QED) is 0.870. The molecule has 1 aromatic rings. The maximum atomic E-state index is 12.7. The molecule has 20 heavy (non-hydrogen) atoms. The van der Waals surface area contributed by atoms with Gasteiger partial charge in [0.05, 0.1) is 6.04 Å². The molecule has 2 fully saturated rings. The molecule has 4 heteroatoms. The molecule has 1 saturated heterocycles. The lowest BCUT2D eigenvalue weighted by atomic mass is 10.1. The van der Waals surface area contributed by atoms with Crippen LogP contribution in [0.15, 0.2) is 16.8 Å². The Morgan fingerprint density at radius 1 is 1.45 bits per heavy atom. The highest BCUT2D eigenvalue weighted by atomic mass is 32.1. The minimum atomic E-state index is 0.0259. The van der Waals surface area contributed by atoms with E-state index >= 15 is 0 Å². The molecule has 1 amide bonds. The van der Waals surface area contributed by atoms with E-state index in [2.05, 4.69) is 40.9 Å². The summed E-state index contributed by atoms with van der Waals surface area (Å²) in [7, 11) is 0. The van der Waals surface area contributed by atoms with Crippen LogP contribution in [0.5, 0.6) is 0 Å². The van der Waals surface area contributed by atoms with Crippen LogP contribution in [0.4, 0.5) is 0 Å². The molecule has 0 spiro atoms. The lowest BCUT2D eigenvalue weighted by Gasteiger charge is -2.24. The first-order valence-electron chi connectivity index (χ1n) is 7.86. The topological polar surface area (TPSA) is 32.3 Å². The third-order valence-electron chi connectivity index (χ3n) is 4.66. The summed E-state index contributed by atoms with van der Waals surface area (Å²) in [6.07, 6.45) is 5.72. The zero-order valence-corrected chi connectivity index (χ0v) is 13.2. The van der Waals surface area contributed by atoms with Gasteiger partial charge >= 0.3 is 0 Å². The van der Waals surface area contributed by atoms with Gasteiger partial charge in [-0.15, -0.1) is 0 Å². The summed E-state index contributed by atoms with van der Waals surface area (Å²) in [6, 6.07) is 2.64. The molecule has 1 aliphatic heterocycles. The van der Waals surface area contributed by atoms with Crippen LogP contribution < -0.4 is 5.32 Å². The average molecular weight is 292 g/mol. The number of hydrogen-bond acceptors (Lipinski definition) is 3. The molecule has 110 valence electrons. The Labute approximate surface area is 125 Å². The zero-order valence-electron chi connectivity index (χ0n) is 12.3. The second-order valence-corrected chi connectivity index (χ2v) is 6.82. The van der Waals surface area contributed by atoms with Gasteiger partial charge in [0.1, 0.15) is 6.17 Å². The number of hydrogen-bond donors (Lipinski definition) is 1. The summed E-state index contributed by atoms with van der Waals surface area (Å²) in [4.78, 5) is 14.9. The predicted molar refractivity (Wildman–Crippen MR) is 82.5 cm³/mol. The third kappa shape index (κ3) is 2.51. The predicted octanol–water partition coefficient (Wildman–Crippen LogP) is 3.54. The molecule has 4 unspecified atom stereocenters. The molecule has 0 bridgehead atoms. The van der Waals surface area contributed by atoms with Crippen molar-refractivity contribution in [3.05, 3.63) is 22.4 Å². The number of unbranched alkanes of at least 4 members (excludes halogenated alkanes) is 1. The molecule has 0 aromatic carbocycles. The second-order valence-electron chi connectivity index (χ2n) is 6.04. The molecular weight excluding hydrogens is 268 g/mol. The number of nitrogens with one attached hydrogen (secondary N) is 1. The van der Waals surface area contributed by atoms with Gasteiger partial charge in [0, 0.05) is 6.04 Å². The fourth-order valence-corrected chi connectivity index (χ4v) is 4.00. The van der Waals surface area contributed by atoms with Gasteiger partial charge in [0.2, 0.25) is 5.91 Å². The van der Waals surface area contributed by atoms with Crippen LogP contribution in [0, 0.1) is 5.92 Å². The Hall–Kier alpha value is -0.870. The molecule has 3 nitrogen and oxygen atoms in total. The fraction of sp³-hybridized carbons (Fsp3) is 0.688. The molecule has 1 saturated carbocycles. The van der Waals surface area contributed by atoms with Crippen molar-refractivity contribution in [3.8, 4) is 0 Å². The fourth-order valence-electron chi connectivity index (χ4n) is 3.32. The highest BCUT2D eigenvalue weighted by Crippen LogP contribution is 2.44. The number of carbonyl (C=O) groups is 1. The smallest absolute Gasteiger partial charge is 0.241 e. The summed E-state index contributed by atoms with van der Waals surface area (Å²) in [5.41, 5.74) is 1.25. The van der Waals surface area contributed by atoms with E-state index in [0.717, 1.165) is 19.3 Å². The van der Waals surface area contributed by atoms with E-state index in [4.69, 9.17) is 0 Å². The second kappa shape index (κ2) is 5.86. The normalized spacial score (nSPS) is 32.9. The van der Waals surface area contributed by atoms with Crippen molar-refractivity contribution >= 4 is 17.2 Å². The van der Waals surface area contributed by atoms with E-state index < -0.39 is 0 Å². The van der Waals surface area contributed by atoms with E-state index in [0.29, 0.717) is 17.9 Å². The lowest BCUT2D eigenvalue weighted by Crippen LogP contribution is -2.34. The first-order valence-corrected chi connectivity index (χ1v) is 8.80. The summed E-state index contributed by atoms with van der Waals surface area (Å²) in [6.45, 7) is 4.41. The van der Waals surface area contributed by atoms with E-state index in [1.807, 2.05) is 0 Å². The maximum absolute atomic E-state index is 12.7. The highest BCUT2D eigenvalue weighted by molar-refractivity contribution is 7.07. The van der Waals surface area contributed by atoms with Crippen molar-refractivity contribution in [3.63, 3.8) is 0 Å². The van der Waals surface area contributed by atoms with Gasteiger partial charge in [0.15, 0.2) is 0 Å². The monoisotopic (exact) mass is 292 g/mol. The molecule has 0 radical (unpaired) electrons. The van der Waals surface area contributed by atoms with Crippen LogP contribution >= 0.6 is 11.3 Å². The van der Waals surface area contributed by atoms with Crippen molar-refractivity contribution in [2.45, 2.75) is 64.2 Å². The molecule has 4 atom stereocenters. The van der Waals surface area contributed by atoms with Crippen LogP contribution in [-0.2, 0) is 4.79 Å². The van der Waals surface area contributed by atoms with E-state index in [1.54, 1.807) is 11.3 Å². The van der Waals surface area contributed by atoms with Gasteiger partial charge in [0.25, 0.3) is 0 Å². The first-order chi connectivity index (χ1) is 9.76. The summed E-state index contributed by atoms with van der Waals surface area (Å²) >= 11 is 1.71. The van der Waals surface area contributed by atoms with Gasteiger partial charge in [-0.05, 0) is 41.1 Å². The van der Waals surface area contributed by atoms with Crippen molar-refractivity contribution in [2.75, 3.05) is 0 Å². The SMILES string of the molecule is CCCCC1NC(c2ccsc2)N(C2CC2CC)C1=O. The summed E-state index contributed by atoms with van der Waals surface area (Å²) in [5.74, 6) is 1.04. The van der Waals surface area contributed by atoms with Crippen molar-refractivity contribution in [1.29, 1.82) is 0 Å². The Morgan fingerprint density at radius 2 is 2.30 bits per heavy atom. The lowest BCUT2D eigenvalue weighted by molar-refractivity contribution is -0.131. The summed E-state index contributed by atoms with van der Waals surface area (Å²) < 4.78 is 0. The molecular formula is C16H24N2OS. The van der Waals surface area contributed by atoms with E-state index in [9.17, 15) is 4.79 Å². The molecule has 2 heterocycles. The van der Waals surface area contributed by atoms with Gasteiger partial charge in [-0.3, -0.25) is 10.1 Å². The first kappa shape index (κ1) is 14.1. The molecule has 1 aromatic heterocycles. The van der Waals surface area contributed by atoms with E-state index in [1.165, 1.54) is 18.4 Å². The number of amides is 1. The van der Waals surface area contributed by atoms with Gasteiger partial charge in [-0.25, -0.2) is 0 Å². The van der Waals surface area contributed by atoms with Crippen LogP contribution in [0.1, 0.15) is 57.7 Å². The Balaban J connectivity index is 1.78. The highest BCUT2D eigenvalue weighted by Gasteiger charge is 2.50. The van der Waals surface area contributed by atoms with Gasteiger partial charge in [-0.2, -0.15) is 11.3 Å². The van der Waals surface area contributed by atoms with Crippen molar-refractivity contribution < 1.29 is 4.79 Å². The minimum Gasteiger partial charge on any atom is -0.318 e. The van der Waals surface area contributed by atoms with Crippen molar-refractivity contribution in [1.82, 2.24) is 10.2 Å².